The second-order valence-corrected chi connectivity index (χ2v) is 4.43. The van der Waals surface area contributed by atoms with Crippen LogP contribution in [0, 0.1) is 11.3 Å². The van der Waals surface area contributed by atoms with Crippen LogP contribution in [0.4, 0.5) is 0 Å². The maximum absolute atomic E-state index is 12.1. The monoisotopic (exact) mass is 305 g/mol. The number of carbonyl (C=O) groups excluding carboxylic acids is 1. The number of aromatic nitrogens is 1. The van der Waals surface area contributed by atoms with Gasteiger partial charge in [-0.2, -0.15) is 5.26 Å². The Morgan fingerprint density at radius 1 is 1.57 bits per heavy atom. The molecule has 1 aliphatic heterocycles. The molecule has 1 aliphatic rings. The van der Waals surface area contributed by atoms with Gasteiger partial charge in [-0.15, -0.1) is 11.6 Å². The van der Waals surface area contributed by atoms with E-state index in [0.717, 1.165) is 0 Å². The maximum atomic E-state index is 12.1. The van der Waals surface area contributed by atoms with Gasteiger partial charge in [0, 0.05) is 12.4 Å². The Balaban J connectivity index is 2.66. The minimum absolute atomic E-state index is 0.0641. The lowest BCUT2D eigenvalue weighted by Crippen LogP contribution is -2.26. The summed E-state index contributed by atoms with van der Waals surface area (Å²) in [6, 6.07) is 5.36. The third-order valence-corrected chi connectivity index (χ3v) is 3.31. The van der Waals surface area contributed by atoms with E-state index in [1.54, 1.807) is 24.5 Å². The molecule has 7 heteroatoms. The van der Waals surface area contributed by atoms with Crippen molar-refractivity contribution in [1.82, 2.24) is 4.98 Å². The number of hydrogen-bond donors (Lipinski definition) is 1. The number of esters is 1. The van der Waals surface area contributed by atoms with Gasteiger partial charge in [-0.05, 0) is 17.7 Å². The number of nitrogens with two attached hydrogens (primary N) is 1. The average Bonchev–Trinajstić information content (AvgIpc) is 2.53. The largest absolute Gasteiger partial charge is 0.466 e. The number of alkyl halides is 1. The Morgan fingerprint density at radius 2 is 2.24 bits per heavy atom. The molecule has 1 atom stereocenters. The summed E-state index contributed by atoms with van der Waals surface area (Å²) >= 11 is 5.82. The zero-order chi connectivity index (χ0) is 15.4. The molecule has 21 heavy (non-hydrogen) atoms. The second kappa shape index (κ2) is 6.29. The van der Waals surface area contributed by atoms with Crippen LogP contribution >= 0.6 is 11.6 Å². The molecule has 2 N–H and O–H groups in total. The van der Waals surface area contributed by atoms with Gasteiger partial charge in [0.05, 0.1) is 24.5 Å². The average molecular weight is 306 g/mol. The number of pyridine rings is 1. The lowest BCUT2D eigenvalue weighted by Gasteiger charge is -2.27. The first-order valence-electron chi connectivity index (χ1n) is 5.98. The van der Waals surface area contributed by atoms with Crippen molar-refractivity contribution in [1.29, 1.82) is 5.26 Å². The maximum Gasteiger partial charge on any atom is 0.338 e. The van der Waals surface area contributed by atoms with Crippen LogP contribution in [0.15, 0.2) is 47.3 Å². The van der Waals surface area contributed by atoms with Gasteiger partial charge in [0.25, 0.3) is 0 Å². The third-order valence-electron chi connectivity index (χ3n) is 3.06. The van der Waals surface area contributed by atoms with Crippen molar-refractivity contribution in [3.63, 3.8) is 0 Å². The van der Waals surface area contributed by atoms with Crippen molar-refractivity contribution in [2.24, 2.45) is 5.73 Å². The molecule has 0 aliphatic carbocycles. The minimum Gasteiger partial charge on any atom is -0.466 e. The Hall–Kier alpha value is -2.52. The highest BCUT2D eigenvalue weighted by Gasteiger charge is 2.37. The summed E-state index contributed by atoms with van der Waals surface area (Å²) in [5.41, 5.74) is 6.74. The van der Waals surface area contributed by atoms with Crippen LogP contribution in [0.3, 0.4) is 0 Å². The molecule has 0 unspecified atom stereocenters. The first kappa shape index (κ1) is 14.9. The summed E-state index contributed by atoms with van der Waals surface area (Å²) in [5.74, 6) is -1.25. The Labute approximate surface area is 126 Å². The number of carbonyl (C=O) groups is 1. The smallest absolute Gasteiger partial charge is 0.338 e. The van der Waals surface area contributed by atoms with Gasteiger partial charge in [-0.25, -0.2) is 4.79 Å². The van der Waals surface area contributed by atoms with Gasteiger partial charge in [0.15, 0.2) is 0 Å². The van der Waals surface area contributed by atoms with Crippen molar-refractivity contribution in [3.05, 3.63) is 52.9 Å². The highest BCUT2D eigenvalue weighted by atomic mass is 35.5. The summed E-state index contributed by atoms with van der Waals surface area (Å²) in [6.45, 7) is 0. The van der Waals surface area contributed by atoms with E-state index in [9.17, 15) is 10.1 Å². The Morgan fingerprint density at radius 3 is 2.76 bits per heavy atom. The van der Waals surface area contributed by atoms with Gasteiger partial charge in [-0.1, -0.05) is 0 Å². The second-order valence-electron chi connectivity index (χ2n) is 4.17. The van der Waals surface area contributed by atoms with E-state index >= 15 is 0 Å². The number of halogens is 1. The molecule has 1 aromatic heterocycles. The minimum atomic E-state index is -0.687. The first-order valence-corrected chi connectivity index (χ1v) is 6.52. The van der Waals surface area contributed by atoms with E-state index in [4.69, 9.17) is 26.8 Å². The standard InChI is InChI=1S/C14H12ClN3O3/c1-20-14(19)12-10(6-15)21-13(17)9(7-16)11(12)8-2-4-18-5-3-8/h2-5,11H,6,17H2,1H3/t11-/m1/s1. The molecular formula is C14H12ClN3O3. The van der Waals surface area contributed by atoms with E-state index in [2.05, 4.69) is 4.98 Å². The fraction of sp³-hybridized carbons (Fsp3) is 0.214. The van der Waals surface area contributed by atoms with Crippen LogP contribution in [0.2, 0.25) is 0 Å². The molecule has 0 amide bonds. The van der Waals surface area contributed by atoms with Gasteiger partial charge in [0.2, 0.25) is 5.88 Å². The lowest BCUT2D eigenvalue weighted by molar-refractivity contribution is -0.136. The van der Waals surface area contributed by atoms with Crippen molar-refractivity contribution in [2.45, 2.75) is 5.92 Å². The normalized spacial score (nSPS) is 18.0. The van der Waals surface area contributed by atoms with E-state index in [1.165, 1.54) is 7.11 Å². The number of ether oxygens (including phenoxy) is 2. The van der Waals surface area contributed by atoms with E-state index in [1.807, 2.05) is 6.07 Å². The molecule has 0 saturated carbocycles. The Kier molecular flexibility index (Phi) is 4.45. The van der Waals surface area contributed by atoms with Gasteiger partial charge in [0.1, 0.15) is 17.4 Å². The van der Waals surface area contributed by atoms with Crippen LogP contribution in [-0.4, -0.2) is 23.9 Å². The van der Waals surface area contributed by atoms with Crippen molar-refractivity contribution < 1.29 is 14.3 Å². The highest BCUT2D eigenvalue weighted by Crippen LogP contribution is 2.39. The molecule has 108 valence electrons. The number of methoxy groups -OCH3 is 1. The van der Waals surface area contributed by atoms with E-state index < -0.39 is 11.9 Å². The summed E-state index contributed by atoms with van der Waals surface area (Å²) in [4.78, 5) is 16.0. The topological polar surface area (TPSA) is 98.2 Å². The third kappa shape index (κ3) is 2.69. The summed E-state index contributed by atoms with van der Waals surface area (Å²) in [5, 5.41) is 9.33. The van der Waals surface area contributed by atoms with Gasteiger partial charge < -0.3 is 15.2 Å². The molecule has 0 bridgehead atoms. The number of hydrogen-bond acceptors (Lipinski definition) is 6. The molecular weight excluding hydrogens is 294 g/mol. The molecule has 0 fully saturated rings. The quantitative estimate of drug-likeness (QED) is 0.672. The van der Waals surface area contributed by atoms with Crippen LogP contribution < -0.4 is 5.73 Å². The summed E-state index contributed by atoms with van der Waals surface area (Å²) < 4.78 is 10.1. The fourth-order valence-corrected chi connectivity index (χ4v) is 2.34. The van der Waals surface area contributed by atoms with Crippen molar-refractivity contribution >= 4 is 17.6 Å². The number of rotatable bonds is 3. The first-order chi connectivity index (χ1) is 10.1. The summed E-state index contributed by atoms with van der Waals surface area (Å²) in [7, 11) is 1.25. The van der Waals surface area contributed by atoms with Crippen LogP contribution in [0.5, 0.6) is 0 Å². The molecule has 0 radical (unpaired) electrons. The molecule has 2 rings (SSSR count). The van der Waals surface area contributed by atoms with Crippen molar-refractivity contribution in [3.8, 4) is 6.07 Å². The Bertz CT molecular complexity index is 662. The molecule has 0 aromatic carbocycles. The molecule has 0 spiro atoms. The van der Waals surface area contributed by atoms with Crippen LogP contribution in [0.1, 0.15) is 11.5 Å². The zero-order valence-electron chi connectivity index (χ0n) is 11.2. The predicted octanol–water partition coefficient (Wildman–Crippen LogP) is 1.56. The lowest BCUT2D eigenvalue weighted by atomic mass is 9.83. The van der Waals surface area contributed by atoms with Gasteiger partial charge in [-0.3, -0.25) is 4.98 Å². The highest BCUT2D eigenvalue weighted by molar-refractivity contribution is 6.19. The zero-order valence-corrected chi connectivity index (χ0v) is 11.9. The van der Waals surface area contributed by atoms with Crippen molar-refractivity contribution in [2.75, 3.05) is 13.0 Å². The van der Waals surface area contributed by atoms with E-state index in [-0.39, 0.29) is 28.7 Å². The number of allylic oxidation sites excluding steroid dienone is 2. The number of nitrogens with zero attached hydrogens (tertiary/aromatic N) is 2. The van der Waals surface area contributed by atoms with E-state index in [0.29, 0.717) is 5.56 Å². The fourth-order valence-electron chi connectivity index (χ4n) is 2.14. The summed E-state index contributed by atoms with van der Waals surface area (Å²) in [6.07, 6.45) is 3.12. The SMILES string of the molecule is COC(=O)C1=C(CCl)OC(N)=C(C#N)[C@H]1c1ccncc1. The van der Waals surface area contributed by atoms with Crippen LogP contribution in [0.25, 0.3) is 0 Å². The molecule has 2 heterocycles. The predicted molar refractivity (Wildman–Crippen MR) is 74.7 cm³/mol. The number of nitriles is 1. The molecule has 0 saturated heterocycles. The van der Waals surface area contributed by atoms with Crippen LogP contribution in [-0.2, 0) is 14.3 Å². The van der Waals surface area contributed by atoms with Gasteiger partial charge >= 0.3 is 5.97 Å². The molecule has 6 nitrogen and oxygen atoms in total. The molecule has 1 aromatic rings.